The average molecular weight is 276 g/mol. The third-order valence-corrected chi connectivity index (χ3v) is 2.94. The van der Waals surface area contributed by atoms with Crippen molar-refractivity contribution in [2.45, 2.75) is 6.04 Å². The number of nitrogens with one attached hydrogen (secondary N) is 2. The van der Waals surface area contributed by atoms with Gasteiger partial charge in [-0.25, -0.2) is 4.79 Å². The molecule has 0 aromatic heterocycles. The predicted octanol–water partition coefficient (Wildman–Crippen LogP) is 2.46. The Morgan fingerprint density at radius 1 is 1.50 bits per heavy atom. The second-order valence-electron chi connectivity index (χ2n) is 3.07. The molecule has 1 atom stereocenters. The van der Waals surface area contributed by atoms with Crippen LogP contribution in [0.5, 0.6) is 0 Å². The summed E-state index contributed by atoms with van der Waals surface area (Å²) in [5.74, 6) is 0. The summed E-state index contributed by atoms with van der Waals surface area (Å²) in [6.45, 7) is 0.578. The lowest BCUT2D eigenvalue weighted by molar-refractivity contribution is 0.247. The summed E-state index contributed by atoms with van der Waals surface area (Å²) in [5, 5.41) is 6.14. The molecule has 1 aliphatic heterocycles. The SMILES string of the molecule is O=C1NC[C@H](c2cc(Br)ccc2Cl)N1. The van der Waals surface area contributed by atoms with E-state index in [9.17, 15) is 4.79 Å². The van der Waals surface area contributed by atoms with Crippen LogP contribution in [-0.2, 0) is 0 Å². The molecule has 14 heavy (non-hydrogen) atoms. The summed E-state index contributed by atoms with van der Waals surface area (Å²) in [6, 6.07) is 5.42. The van der Waals surface area contributed by atoms with Crippen molar-refractivity contribution < 1.29 is 4.79 Å². The van der Waals surface area contributed by atoms with Gasteiger partial charge in [-0.05, 0) is 23.8 Å². The molecular formula is C9H8BrClN2O. The molecule has 1 aromatic carbocycles. The number of urea groups is 1. The van der Waals surface area contributed by atoms with Gasteiger partial charge in [-0.15, -0.1) is 0 Å². The van der Waals surface area contributed by atoms with Crippen molar-refractivity contribution >= 4 is 33.6 Å². The molecule has 0 bridgehead atoms. The molecule has 0 radical (unpaired) electrons. The van der Waals surface area contributed by atoms with Gasteiger partial charge in [0, 0.05) is 16.0 Å². The monoisotopic (exact) mass is 274 g/mol. The van der Waals surface area contributed by atoms with Crippen molar-refractivity contribution in [3.63, 3.8) is 0 Å². The van der Waals surface area contributed by atoms with Gasteiger partial charge < -0.3 is 10.6 Å². The second kappa shape index (κ2) is 3.79. The van der Waals surface area contributed by atoms with Gasteiger partial charge in [0.25, 0.3) is 0 Å². The molecule has 1 heterocycles. The van der Waals surface area contributed by atoms with Gasteiger partial charge >= 0.3 is 6.03 Å². The molecule has 2 amide bonds. The van der Waals surface area contributed by atoms with Crippen molar-refractivity contribution in [2.75, 3.05) is 6.54 Å². The summed E-state index contributed by atoms with van der Waals surface area (Å²) < 4.78 is 0.957. The number of halogens is 2. The normalized spacial score (nSPS) is 20.4. The lowest BCUT2D eigenvalue weighted by Gasteiger charge is -2.11. The Kier molecular flexibility index (Phi) is 2.65. The first-order chi connectivity index (χ1) is 6.66. The molecule has 5 heteroatoms. The summed E-state index contributed by atoms with van der Waals surface area (Å²) >= 11 is 9.39. The van der Waals surface area contributed by atoms with Crippen LogP contribution in [0.2, 0.25) is 5.02 Å². The Morgan fingerprint density at radius 3 is 2.93 bits per heavy atom. The number of hydrogen-bond donors (Lipinski definition) is 2. The number of carbonyl (C=O) groups excluding carboxylic acids is 1. The Balaban J connectivity index is 2.31. The van der Waals surface area contributed by atoms with Crippen LogP contribution in [-0.4, -0.2) is 12.6 Å². The molecule has 1 fully saturated rings. The van der Waals surface area contributed by atoms with Gasteiger partial charge in [-0.3, -0.25) is 0 Å². The molecule has 2 rings (SSSR count). The van der Waals surface area contributed by atoms with E-state index in [1.807, 2.05) is 18.2 Å². The van der Waals surface area contributed by atoms with E-state index >= 15 is 0 Å². The Bertz CT molecular complexity index is 383. The van der Waals surface area contributed by atoms with E-state index in [1.54, 1.807) is 0 Å². The predicted molar refractivity (Wildman–Crippen MR) is 58.4 cm³/mol. The fraction of sp³-hybridized carbons (Fsp3) is 0.222. The van der Waals surface area contributed by atoms with Gasteiger partial charge in [0.1, 0.15) is 0 Å². The first-order valence-corrected chi connectivity index (χ1v) is 5.33. The van der Waals surface area contributed by atoms with Crippen LogP contribution in [0, 0.1) is 0 Å². The quantitative estimate of drug-likeness (QED) is 0.812. The van der Waals surface area contributed by atoms with Crippen LogP contribution in [0.1, 0.15) is 11.6 Å². The van der Waals surface area contributed by atoms with Crippen LogP contribution in [0.15, 0.2) is 22.7 Å². The smallest absolute Gasteiger partial charge is 0.315 e. The highest BCUT2D eigenvalue weighted by Crippen LogP contribution is 2.27. The number of amides is 2. The number of carbonyl (C=O) groups is 1. The third kappa shape index (κ3) is 1.86. The average Bonchev–Trinajstić information content (AvgIpc) is 2.56. The maximum atomic E-state index is 10.9. The summed E-state index contributed by atoms with van der Waals surface area (Å²) in [5.41, 5.74) is 0.930. The lowest BCUT2D eigenvalue weighted by Crippen LogP contribution is -2.21. The standard InChI is InChI=1S/C9H8BrClN2O/c10-5-1-2-7(11)6(3-5)8-4-12-9(14)13-8/h1-3,8H,4H2,(H2,12,13,14)/t8-/m1/s1. The molecule has 1 saturated heterocycles. The summed E-state index contributed by atoms with van der Waals surface area (Å²) in [6.07, 6.45) is 0. The van der Waals surface area contributed by atoms with E-state index in [0.29, 0.717) is 11.6 Å². The molecule has 0 unspecified atom stereocenters. The highest BCUT2D eigenvalue weighted by atomic mass is 79.9. The lowest BCUT2D eigenvalue weighted by atomic mass is 10.1. The van der Waals surface area contributed by atoms with Crippen molar-refractivity contribution in [3.8, 4) is 0 Å². The highest BCUT2D eigenvalue weighted by molar-refractivity contribution is 9.10. The molecule has 1 aliphatic rings. The van der Waals surface area contributed by atoms with E-state index < -0.39 is 0 Å². The highest BCUT2D eigenvalue weighted by Gasteiger charge is 2.23. The largest absolute Gasteiger partial charge is 0.336 e. The third-order valence-electron chi connectivity index (χ3n) is 2.11. The zero-order valence-corrected chi connectivity index (χ0v) is 9.52. The minimum atomic E-state index is -0.147. The number of hydrogen-bond acceptors (Lipinski definition) is 1. The van der Waals surface area contributed by atoms with Crippen molar-refractivity contribution in [1.29, 1.82) is 0 Å². The van der Waals surface area contributed by atoms with Crippen LogP contribution in [0.3, 0.4) is 0 Å². The minimum Gasteiger partial charge on any atom is -0.336 e. The Labute approximate surface area is 95.0 Å². The van der Waals surface area contributed by atoms with Crippen molar-refractivity contribution in [1.82, 2.24) is 10.6 Å². The van der Waals surface area contributed by atoms with E-state index in [-0.39, 0.29) is 12.1 Å². The van der Waals surface area contributed by atoms with E-state index in [2.05, 4.69) is 26.6 Å². The minimum absolute atomic E-state index is 0.0347. The van der Waals surface area contributed by atoms with Crippen molar-refractivity contribution in [3.05, 3.63) is 33.3 Å². The maximum absolute atomic E-state index is 10.9. The van der Waals surface area contributed by atoms with E-state index in [0.717, 1.165) is 10.0 Å². The summed E-state index contributed by atoms with van der Waals surface area (Å²) in [4.78, 5) is 10.9. The molecule has 74 valence electrons. The molecule has 0 aliphatic carbocycles. The maximum Gasteiger partial charge on any atom is 0.315 e. The van der Waals surface area contributed by atoms with Crippen LogP contribution in [0.25, 0.3) is 0 Å². The fourth-order valence-electron chi connectivity index (χ4n) is 1.42. The van der Waals surface area contributed by atoms with Gasteiger partial charge in [0.15, 0.2) is 0 Å². The van der Waals surface area contributed by atoms with Gasteiger partial charge in [0.2, 0.25) is 0 Å². The Hall–Kier alpha value is -0.740. The molecule has 3 nitrogen and oxygen atoms in total. The number of rotatable bonds is 1. The van der Waals surface area contributed by atoms with Crippen molar-refractivity contribution in [2.24, 2.45) is 0 Å². The molecule has 2 N–H and O–H groups in total. The first-order valence-electron chi connectivity index (χ1n) is 4.16. The van der Waals surface area contributed by atoms with Gasteiger partial charge in [0.05, 0.1) is 6.04 Å². The Morgan fingerprint density at radius 2 is 2.29 bits per heavy atom. The molecular weight excluding hydrogens is 267 g/mol. The molecule has 1 aromatic rings. The molecule has 0 spiro atoms. The van der Waals surface area contributed by atoms with Crippen LogP contribution in [0.4, 0.5) is 4.79 Å². The van der Waals surface area contributed by atoms with Gasteiger partial charge in [-0.2, -0.15) is 0 Å². The van der Waals surface area contributed by atoms with Gasteiger partial charge in [-0.1, -0.05) is 27.5 Å². The second-order valence-corrected chi connectivity index (χ2v) is 4.40. The van der Waals surface area contributed by atoms with E-state index in [4.69, 9.17) is 11.6 Å². The first kappa shape index (κ1) is 9.80. The fourth-order valence-corrected chi connectivity index (χ4v) is 2.05. The molecule has 0 saturated carbocycles. The van der Waals surface area contributed by atoms with Crippen LogP contribution >= 0.6 is 27.5 Å². The topological polar surface area (TPSA) is 41.1 Å². The zero-order chi connectivity index (χ0) is 10.1. The van der Waals surface area contributed by atoms with E-state index in [1.165, 1.54) is 0 Å². The zero-order valence-electron chi connectivity index (χ0n) is 7.18. The summed E-state index contributed by atoms with van der Waals surface area (Å²) in [7, 11) is 0. The van der Waals surface area contributed by atoms with Crippen LogP contribution < -0.4 is 10.6 Å². The number of benzene rings is 1.